The number of nitrogens with zero attached hydrogens (tertiary/aromatic N) is 2. The maximum Gasteiger partial charge on any atom is 0.433 e. The van der Waals surface area contributed by atoms with Crippen molar-refractivity contribution >= 4 is 17.3 Å². The lowest BCUT2D eigenvalue weighted by Gasteiger charge is -2.11. The van der Waals surface area contributed by atoms with Gasteiger partial charge in [0, 0.05) is 17.0 Å². The zero-order chi connectivity index (χ0) is 14.8. The van der Waals surface area contributed by atoms with Crippen molar-refractivity contribution < 1.29 is 13.2 Å². The van der Waals surface area contributed by atoms with Gasteiger partial charge >= 0.3 is 6.18 Å². The molecule has 0 aliphatic rings. The van der Waals surface area contributed by atoms with Crippen molar-refractivity contribution in [3.8, 4) is 11.3 Å². The number of rotatable bonds is 4. The Bertz CT molecular complexity index is 593. The van der Waals surface area contributed by atoms with Crippen LogP contribution in [-0.2, 0) is 6.18 Å². The molecule has 0 bridgehead atoms. The van der Waals surface area contributed by atoms with E-state index in [1.807, 2.05) is 19.2 Å². The van der Waals surface area contributed by atoms with Gasteiger partial charge in [-0.25, -0.2) is 9.97 Å². The summed E-state index contributed by atoms with van der Waals surface area (Å²) in [5.41, 5.74) is 0.0822. The Labute approximate surface area is 118 Å². The van der Waals surface area contributed by atoms with E-state index in [1.54, 1.807) is 6.07 Å². The number of anilines is 1. The molecule has 0 aliphatic heterocycles. The predicted octanol–water partition coefficient (Wildman–Crippen LogP) is 4.35. The summed E-state index contributed by atoms with van der Waals surface area (Å²) < 4.78 is 38.7. The summed E-state index contributed by atoms with van der Waals surface area (Å²) in [4.78, 5) is 8.64. The first-order valence-electron chi connectivity index (χ1n) is 6.16. The summed E-state index contributed by atoms with van der Waals surface area (Å²) in [5.74, 6) is 0.0160. The second-order valence-electron chi connectivity index (χ2n) is 4.28. The Morgan fingerprint density at radius 2 is 2.05 bits per heavy atom. The summed E-state index contributed by atoms with van der Waals surface area (Å²) in [6.45, 7) is 4.31. The first-order chi connectivity index (χ1) is 9.41. The van der Waals surface area contributed by atoms with E-state index in [0.29, 0.717) is 17.8 Å². The molecule has 0 saturated heterocycles. The van der Waals surface area contributed by atoms with Gasteiger partial charge in [0.1, 0.15) is 0 Å². The zero-order valence-corrected chi connectivity index (χ0v) is 11.9. The average Bonchev–Trinajstić information content (AvgIpc) is 2.81. The highest BCUT2D eigenvalue weighted by Gasteiger charge is 2.34. The van der Waals surface area contributed by atoms with Gasteiger partial charge in [-0.3, -0.25) is 0 Å². The van der Waals surface area contributed by atoms with Crippen molar-refractivity contribution in [2.45, 2.75) is 26.4 Å². The molecule has 0 aromatic carbocycles. The molecule has 2 rings (SSSR count). The van der Waals surface area contributed by atoms with E-state index in [4.69, 9.17) is 0 Å². The number of halogens is 3. The second-order valence-corrected chi connectivity index (χ2v) is 5.40. The minimum atomic E-state index is -4.48. The average molecular weight is 301 g/mol. The van der Waals surface area contributed by atoms with Crippen molar-refractivity contribution in [1.29, 1.82) is 0 Å². The van der Waals surface area contributed by atoms with Crippen LogP contribution < -0.4 is 5.32 Å². The molecule has 0 amide bonds. The molecular weight excluding hydrogens is 287 g/mol. The molecule has 0 spiro atoms. The van der Waals surface area contributed by atoms with Gasteiger partial charge in [-0.1, -0.05) is 6.92 Å². The van der Waals surface area contributed by atoms with E-state index in [0.717, 1.165) is 17.4 Å². The maximum absolute atomic E-state index is 12.9. The van der Waals surface area contributed by atoms with E-state index < -0.39 is 11.9 Å². The number of hydrogen-bond acceptors (Lipinski definition) is 4. The van der Waals surface area contributed by atoms with Crippen LogP contribution in [-0.4, -0.2) is 16.5 Å². The van der Waals surface area contributed by atoms with Crippen LogP contribution in [0.1, 0.15) is 23.9 Å². The fraction of sp³-hybridized carbons (Fsp3) is 0.385. The van der Waals surface area contributed by atoms with Crippen LogP contribution in [0.4, 0.5) is 19.1 Å². The molecule has 20 heavy (non-hydrogen) atoms. The van der Waals surface area contributed by atoms with Gasteiger partial charge in [0.05, 0.1) is 5.69 Å². The zero-order valence-electron chi connectivity index (χ0n) is 11.1. The molecule has 2 heterocycles. The predicted molar refractivity (Wildman–Crippen MR) is 73.9 cm³/mol. The molecule has 0 atom stereocenters. The third-order valence-electron chi connectivity index (χ3n) is 2.68. The number of aromatic nitrogens is 2. The van der Waals surface area contributed by atoms with Crippen LogP contribution in [0, 0.1) is 6.92 Å². The molecule has 0 unspecified atom stereocenters. The molecular formula is C13H14F3N3S. The molecule has 3 nitrogen and oxygen atoms in total. The van der Waals surface area contributed by atoms with E-state index in [-0.39, 0.29) is 5.95 Å². The van der Waals surface area contributed by atoms with E-state index >= 15 is 0 Å². The number of aryl methyl sites for hydroxylation is 1. The van der Waals surface area contributed by atoms with Gasteiger partial charge in [-0.05, 0) is 30.9 Å². The van der Waals surface area contributed by atoms with Crippen molar-refractivity contribution in [2.24, 2.45) is 0 Å². The number of alkyl halides is 3. The fourth-order valence-electron chi connectivity index (χ4n) is 1.70. The molecule has 0 saturated carbocycles. The van der Waals surface area contributed by atoms with Crippen LogP contribution in [0.25, 0.3) is 11.3 Å². The summed E-state index contributed by atoms with van der Waals surface area (Å²) in [6, 6.07) is 2.76. The van der Waals surface area contributed by atoms with Crippen LogP contribution in [0.2, 0.25) is 0 Å². The molecule has 0 radical (unpaired) electrons. The molecule has 1 N–H and O–H groups in total. The highest BCUT2D eigenvalue weighted by molar-refractivity contribution is 7.10. The quantitative estimate of drug-likeness (QED) is 0.912. The fourth-order valence-corrected chi connectivity index (χ4v) is 2.40. The first-order valence-corrected chi connectivity index (χ1v) is 7.04. The smallest absolute Gasteiger partial charge is 0.354 e. The van der Waals surface area contributed by atoms with E-state index in [9.17, 15) is 13.2 Å². The SMILES string of the molecule is CCCNc1nc(-c2ccsc2C)cc(C(F)(F)F)n1. The Balaban J connectivity index is 2.48. The van der Waals surface area contributed by atoms with Crippen LogP contribution in [0.15, 0.2) is 17.5 Å². The highest BCUT2D eigenvalue weighted by Crippen LogP contribution is 2.33. The Kier molecular flexibility index (Phi) is 4.27. The topological polar surface area (TPSA) is 37.8 Å². The standard InChI is InChI=1S/C13H14F3N3S/c1-3-5-17-12-18-10(9-4-6-20-8(9)2)7-11(19-12)13(14,15)16/h4,6-7H,3,5H2,1-2H3,(H,17,18,19). The van der Waals surface area contributed by atoms with Gasteiger partial charge in [-0.15, -0.1) is 11.3 Å². The van der Waals surface area contributed by atoms with Crippen LogP contribution in [0.5, 0.6) is 0 Å². The third-order valence-corrected chi connectivity index (χ3v) is 3.53. The summed E-state index contributed by atoms with van der Waals surface area (Å²) in [6.07, 6.45) is -3.70. The van der Waals surface area contributed by atoms with Gasteiger partial charge in [0.2, 0.25) is 5.95 Å². The lowest BCUT2D eigenvalue weighted by molar-refractivity contribution is -0.141. The van der Waals surface area contributed by atoms with E-state index in [2.05, 4.69) is 15.3 Å². The van der Waals surface area contributed by atoms with Crippen LogP contribution >= 0.6 is 11.3 Å². The van der Waals surface area contributed by atoms with Gasteiger partial charge in [0.15, 0.2) is 5.69 Å². The molecule has 2 aromatic rings. The first kappa shape index (κ1) is 14.8. The molecule has 0 aliphatic carbocycles. The minimum absolute atomic E-state index is 0.0160. The largest absolute Gasteiger partial charge is 0.433 e. The second kappa shape index (κ2) is 5.78. The molecule has 2 aromatic heterocycles. The minimum Gasteiger partial charge on any atom is -0.354 e. The third kappa shape index (κ3) is 3.27. The van der Waals surface area contributed by atoms with Crippen molar-refractivity contribution in [3.05, 3.63) is 28.1 Å². The normalized spacial score (nSPS) is 11.7. The lowest BCUT2D eigenvalue weighted by atomic mass is 10.1. The molecule has 0 fully saturated rings. The Morgan fingerprint density at radius 3 is 2.60 bits per heavy atom. The van der Waals surface area contributed by atoms with Gasteiger partial charge in [-0.2, -0.15) is 13.2 Å². The Morgan fingerprint density at radius 1 is 1.30 bits per heavy atom. The Hall–Kier alpha value is -1.63. The monoisotopic (exact) mass is 301 g/mol. The van der Waals surface area contributed by atoms with E-state index in [1.165, 1.54) is 11.3 Å². The summed E-state index contributed by atoms with van der Waals surface area (Å²) in [7, 11) is 0. The summed E-state index contributed by atoms with van der Waals surface area (Å²) in [5, 5.41) is 4.64. The maximum atomic E-state index is 12.9. The van der Waals surface area contributed by atoms with Gasteiger partial charge in [0.25, 0.3) is 0 Å². The summed E-state index contributed by atoms with van der Waals surface area (Å²) >= 11 is 1.47. The lowest BCUT2D eigenvalue weighted by Crippen LogP contribution is -2.13. The van der Waals surface area contributed by atoms with Crippen molar-refractivity contribution in [1.82, 2.24) is 9.97 Å². The van der Waals surface area contributed by atoms with Crippen molar-refractivity contribution in [3.63, 3.8) is 0 Å². The number of nitrogens with one attached hydrogen (secondary N) is 1. The highest BCUT2D eigenvalue weighted by atomic mass is 32.1. The van der Waals surface area contributed by atoms with Crippen LogP contribution in [0.3, 0.4) is 0 Å². The van der Waals surface area contributed by atoms with Crippen molar-refractivity contribution in [2.75, 3.05) is 11.9 Å². The number of hydrogen-bond donors (Lipinski definition) is 1. The molecule has 7 heteroatoms. The van der Waals surface area contributed by atoms with Gasteiger partial charge < -0.3 is 5.32 Å². The number of thiophene rings is 1. The molecule has 108 valence electrons.